The maximum Gasteiger partial charge on any atom is 0.261 e. The second-order valence-electron chi connectivity index (χ2n) is 5.88. The summed E-state index contributed by atoms with van der Waals surface area (Å²) in [6, 6.07) is 16.9. The van der Waals surface area contributed by atoms with Crippen molar-refractivity contribution in [3.05, 3.63) is 84.2 Å². The molecule has 0 bridgehead atoms. The molecule has 1 amide bonds. The van der Waals surface area contributed by atoms with E-state index in [2.05, 4.69) is 15.0 Å². The number of hydrogen-bond acceptors (Lipinski definition) is 5. The number of amides is 1. The molecule has 144 valence electrons. The van der Waals surface area contributed by atoms with Crippen LogP contribution in [0.15, 0.2) is 82.8 Å². The number of hydrogen-bond donors (Lipinski definition) is 2. The van der Waals surface area contributed by atoms with E-state index in [0.717, 1.165) is 16.2 Å². The molecule has 0 aliphatic heterocycles. The van der Waals surface area contributed by atoms with E-state index >= 15 is 0 Å². The molecule has 3 rings (SSSR count). The van der Waals surface area contributed by atoms with Gasteiger partial charge in [-0.25, -0.2) is 8.42 Å². The van der Waals surface area contributed by atoms with Crippen molar-refractivity contribution in [1.29, 1.82) is 0 Å². The number of pyridine rings is 1. The summed E-state index contributed by atoms with van der Waals surface area (Å²) < 4.78 is 27.6. The van der Waals surface area contributed by atoms with Crippen molar-refractivity contribution in [3.8, 4) is 0 Å². The van der Waals surface area contributed by atoms with E-state index in [9.17, 15) is 13.2 Å². The summed E-state index contributed by atoms with van der Waals surface area (Å²) in [5.41, 5.74) is 2.00. The number of anilines is 1. The smallest absolute Gasteiger partial charge is 0.261 e. The van der Waals surface area contributed by atoms with Gasteiger partial charge in [0.25, 0.3) is 15.9 Å². The van der Waals surface area contributed by atoms with Crippen LogP contribution in [0.2, 0.25) is 0 Å². The normalized spacial score (nSPS) is 11.0. The van der Waals surface area contributed by atoms with Crippen molar-refractivity contribution in [2.45, 2.75) is 15.5 Å². The summed E-state index contributed by atoms with van der Waals surface area (Å²) in [4.78, 5) is 16.8. The lowest BCUT2D eigenvalue weighted by Crippen LogP contribution is -2.18. The standard InChI is InChI=1S/C20H19N3O3S2/c1-21-20(24)16-4-10-19(11-5-16)28(25,26)23-17-6-8-18(9-7-17)27-14-15-3-2-12-22-13-15/h2-13,23H,14H2,1H3,(H,21,24). The predicted octanol–water partition coefficient (Wildman–Crippen LogP) is 3.53. The van der Waals surface area contributed by atoms with Gasteiger partial charge in [0, 0.05) is 41.3 Å². The van der Waals surface area contributed by atoms with E-state index in [1.807, 2.05) is 30.5 Å². The van der Waals surface area contributed by atoms with Gasteiger partial charge in [0.1, 0.15) is 0 Å². The van der Waals surface area contributed by atoms with Gasteiger partial charge in [-0.2, -0.15) is 0 Å². The highest BCUT2D eigenvalue weighted by Gasteiger charge is 2.15. The number of rotatable bonds is 7. The molecular formula is C20H19N3O3S2. The van der Waals surface area contributed by atoms with Gasteiger partial charge >= 0.3 is 0 Å². The highest BCUT2D eigenvalue weighted by atomic mass is 32.2. The van der Waals surface area contributed by atoms with Crippen LogP contribution in [0.3, 0.4) is 0 Å². The van der Waals surface area contributed by atoms with Crippen LogP contribution < -0.4 is 10.0 Å². The zero-order valence-electron chi connectivity index (χ0n) is 15.1. The van der Waals surface area contributed by atoms with Crippen molar-refractivity contribution < 1.29 is 13.2 Å². The lowest BCUT2D eigenvalue weighted by molar-refractivity contribution is 0.0963. The first-order chi connectivity index (χ1) is 13.5. The molecule has 0 aliphatic rings. The number of benzene rings is 2. The maximum absolute atomic E-state index is 12.5. The van der Waals surface area contributed by atoms with Gasteiger partial charge in [-0.1, -0.05) is 6.07 Å². The molecule has 0 saturated heterocycles. The average molecular weight is 414 g/mol. The third kappa shape index (κ3) is 5.11. The fourth-order valence-corrected chi connectivity index (χ4v) is 4.30. The van der Waals surface area contributed by atoms with Gasteiger partial charge in [0.05, 0.1) is 4.90 Å². The van der Waals surface area contributed by atoms with Gasteiger partial charge < -0.3 is 5.32 Å². The van der Waals surface area contributed by atoms with Gasteiger partial charge in [-0.05, 0) is 60.2 Å². The van der Waals surface area contributed by atoms with E-state index < -0.39 is 10.0 Å². The monoisotopic (exact) mass is 413 g/mol. The number of carbonyl (C=O) groups is 1. The summed E-state index contributed by atoms with van der Waals surface area (Å²) in [5.74, 6) is 0.521. The lowest BCUT2D eigenvalue weighted by Gasteiger charge is -2.09. The minimum absolute atomic E-state index is 0.0928. The first kappa shape index (κ1) is 19.9. The Kier molecular flexibility index (Phi) is 6.33. The molecule has 0 fully saturated rings. The molecule has 1 aromatic heterocycles. The molecule has 0 atom stereocenters. The second kappa shape index (κ2) is 8.90. The summed E-state index contributed by atoms with van der Waals surface area (Å²) in [6.07, 6.45) is 3.56. The van der Waals surface area contributed by atoms with E-state index in [4.69, 9.17) is 0 Å². The van der Waals surface area contributed by atoms with Crippen LogP contribution in [0.25, 0.3) is 0 Å². The summed E-state index contributed by atoms with van der Waals surface area (Å²) in [7, 11) is -2.21. The van der Waals surface area contributed by atoms with Gasteiger partial charge in [-0.3, -0.25) is 14.5 Å². The number of carbonyl (C=O) groups excluding carboxylic acids is 1. The molecule has 8 heteroatoms. The number of sulfonamides is 1. The molecule has 3 aromatic rings. The highest BCUT2D eigenvalue weighted by molar-refractivity contribution is 7.98. The minimum Gasteiger partial charge on any atom is -0.355 e. The van der Waals surface area contributed by atoms with E-state index in [-0.39, 0.29) is 10.8 Å². The van der Waals surface area contributed by atoms with Crippen molar-refractivity contribution >= 4 is 33.4 Å². The third-order valence-electron chi connectivity index (χ3n) is 3.89. The van der Waals surface area contributed by atoms with E-state index in [1.165, 1.54) is 31.3 Å². The van der Waals surface area contributed by atoms with Crippen molar-refractivity contribution in [3.63, 3.8) is 0 Å². The maximum atomic E-state index is 12.5. The van der Waals surface area contributed by atoms with E-state index in [0.29, 0.717) is 11.3 Å². The highest BCUT2D eigenvalue weighted by Crippen LogP contribution is 2.25. The Bertz CT molecular complexity index is 1040. The van der Waals surface area contributed by atoms with Crippen LogP contribution in [0.4, 0.5) is 5.69 Å². The van der Waals surface area contributed by atoms with Crippen LogP contribution in [0.1, 0.15) is 15.9 Å². The molecule has 1 heterocycles. The molecule has 28 heavy (non-hydrogen) atoms. The molecule has 2 aromatic carbocycles. The molecule has 0 spiro atoms. The minimum atomic E-state index is -3.73. The molecular weight excluding hydrogens is 394 g/mol. The van der Waals surface area contributed by atoms with Crippen LogP contribution >= 0.6 is 11.8 Å². The van der Waals surface area contributed by atoms with Crippen molar-refractivity contribution in [2.24, 2.45) is 0 Å². The second-order valence-corrected chi connectivity index (χ2v) is 8.61. The molecule has 0 unspecified atom stereocenters. The van der Waals surface area contributed by atoms with Gasteiger partial charge in [0.15, 0.2) is 0 Å². The molecule has 0 saturated carbocycles. The Morgan fingerprint density at radius 3 is 2.36 bits per heavy atom. The average Bonchev–Trinajstić information content (AvgIpc) is 2.73. The Balaban J connectivity index is 1.64. The quantitative estimate of drug-likeness (QED) is 0.579. The lowest BCUT2D eigenvalue weighted by atomic mass is 10.2. The molecule has 6 nitrogen and oxygen atoms in total. The summed E-state index contributed by atoms with van der Waals surface area (Å²) in [5, 5.41) is 2.50. The first-order valence-electron chi connectivity index (χ1n) is 8.45. The summed E-state index contributed by atoms with van der Waals surface area (Å²) in [6.45, 7) is 0. The number of nitrogens with zero attached hydrogens (tertiary/aromatic N) is 1. The topological polar surface area (TPSA) is 88.2 Å². The Hall–Kier alpha value is -2.84. The van der Waals surface area contributed by atoms with E-state index in [1.54, 1.807) is 30.1 Å². The fourth-order valence-electron chi connectivity index (χ4n) is 2.41. The Labute approximate surface area is 168 Å². The first-order valence-corrected chi connectivity index (χ1v) is 10.9. The molecule has 0 radical (unpaired) electrons. The number of aromatic nitrogens is 1. The number of thioether (sulfide) groups is 1. The van der Waals surface area contributed by atoms with Crippen LogP contribution in [-0.4, -0.2) is 26.4 Å². The fraction of sp³-hybridized carbons (Fsp3) is 0.100. The van der Waals surface area contributed by atoms with Crippen LogP contribution in [0, 0.1) is 0 Å². The van der Waals surface area contributed by atoms with Crippen LogP contribution in [-0.2, 0) is 15.8 Å². The summed E-state index contributed by atoms with van der Waals surface area (Å²) >= 11 is 1.65. The molecule has 0 aliphatic carbocycles. The Morgan fingerprint density at radius 1 is 1.04 bits per heavy atom. The Morgan fingerprint density at radius 2 is 1.75 bits per heavy atom. The van der Waals surface area contributed by atoms with Crippen LogP contribution in [0.5, 0.6) is 0 Å². The zero-order chi connectivity index (χ0) is 20.0. The largest absolute Gasteiger partial charge is 0.355 e. The third-order valence-corrected chi connectivity index (χ3v) is 6.37. The van der Waals surface area contributed by atoms with Gasteiger partial charge in [-0.15, -0.1) is 11.8 Å². The molecule has 2 N–H and O–H groups in total. The zero-order valence-corrected chi connectivity index (χ0v) is 16.8. The van der Waals surface area contributed by atoms with Gasteiger partial charge in [0.2, 0.25) is 0 Å². The SMILES string of the molecule is CNC(=O)c1ccc(S(=O)(=O)Nc2ccc(SCc3cccnc3)cc2)cc1. The van der Waals surface area contributed by atoms with Crippen molar-refractivity contribution in [2.75, 3.05) is 11.8 Å². The predicted molar refractivity (Wildman–Crippen MR) is 111 cm³/mol. The number of nitrogens with one attached hydrogen (secondary N) is 2. The van der Waals surface area contributed by atoms with Crippen molar-refractivity contribution in [1.82, 2.24) is 10.3 Å².